The molecule has 0 saturated heterocycles. The van der Waals surface area contributed by atoms with E-state index in [4.69, 9.17) is 0 Å². The first-order valence-electron chi connectivity index (χ1n) is 6.00. The zero-order valence-corrected chi connectivity index (χ0v) is 10.1. The van der Waals surface area contributed by atoms with Crippen LogP contribution in [0.3, 0.4) is 0 Å². The molecular weight excluding hydrogens is 208 g/mol. The van der Waals surface area contributed by atoms with Crippen molar-refractivity contribution in [2.75, 3.05) is 17.2 Å². The zero-order valence-electron chi connectivity index (χ0n) is 10.1. The van der Waals surface area contributed by atoms with E-state index >= 15 is 0 Å². The number of nitrogens with one attached hydrogen (secondary N) is 2. The van der Waals surface area contributed by atoms with Gasteiger partial charge in [-0.2, -0.15) is 0 Å². The standard InChI is InChI=1S/C15H18N2/c1-2-16-14-8-10-15(11-9-14)17-12-13-6-4-3-5-7-13/h3-11,16-17H,2,12H2,1H3. The first kappa shape index (κ1) is 11.5. The minimum Gasteiger partial charge on any atom is -0.385 e. The molecule has 2 heteroatoms. The molecule has 0 bridgehead atoms. The molecule has 0 spiro atoms. The van der Waals surface area contributed by atoms with Gasteiger partial charge in [-0.05, 0) is 36.8 Å². The van der Waals surface area contributed by atoms with Crippen LogP contribution in [0.1, 0.15) is 12.5 Å². The molecule has 0 amide bonds. The molecular formula is C15H18N2. The lowest BCUT2D eigenvalue weighted by molar-refractivity contribution is 1.15. The number of rotatable bonds is 5. The number of hydrogen-bond donors (Lipinski definition) is 2. The van der Waals surface area contributed by atoms with Crippen molar-refractivity contribution in [3.63, 3.8) is 0 Å². The average Bonchev–Trinajstić information content (AvgIpc) is 2.40. The van der Waals surface area contributed by atoms with Gasteiger partial charge in [-0.1, -0.05) is 30.3 Å². The van der Waals surface area contributed by atoms with E-state index in [-0.39, 0.29) is 0 Å². The molecule has 2 rings (SSSR count). The minimum atomic E-state index is 0.862. The molecule has 2 aromatic carbocycles. The fourth-order valence-electron chi connectivity index (χ4n) is 1.71. The summed E-state index contributed by atoms with van der Waals surface area (Å²) in [6.45, 7) is 3.92. The van der Waals surface area contributed by atoms with Crippen LogP contribution in [0.4, 0.5) is 11.4 Å². The van der Waals surface area contributed by atoms with Crippen molar-refractivity contribution in [3.05, 3.63) is 60.2 Å². The van der Waals surface area contributed by atoms with Crippen LogP contribution >= 0.6 is 0 Å². The Morgan fingerprint density at radius 3 is 1.94 bits per heavy atom. The van der Waals surface area contributed by atoms with Gasteiger partial charge in [0.1, 0.15) is 0 Å². The van der Waals surface area contributed by atoms with E-state index in [2.05, 4.69) is 66.1 Å². The van der Waals surface area contributed by atoms with E-state index < -0.39 is 0 Å². The molecule has 0 aliphatic rings. The van der Waals surface area contributed by atoms with Crippen molar-refractivity contribution in [2.45, 2.75) is 13.5 Å². The Bertz CT molecular complexity index is 434. The highest BCUT2D eigenvalue weighted by Gasteiger charge is 1.94. The smallest absolute Gasteiger partial charge is 0.0400 e. The normalized spacial score (nSPS) is 9.94. The third kappa shape index (κ3) is 3.52. The Hall–Kier alpha value is -1.96. The van der Waals surface area contributed by atoms with Gasteiger partial charge in [0.2, 0.25) is 0 Å². The summed E-state index contributed by atoms with van der Waals surface area (Å²) in [5.41, 5.74) is 3.61. The molecule has 2 N–H and O–H groups in total. The van der Waals surface area contributed by atoms with E-state index in [1.807, 2.05) is 6.07 Å². The maximum Gasteiger partial charge on any atom is 0.0400 e. The van der Waals surface area contributed by atoms with Gasteiger partial charge in [0.15, 0.2) is 0 Å². The molecule has 88 valence electrons. The zero-order chi connectivity index (χ0) is 11.9. The van der Waals surface area contributed by atoms with Gasteiger partial charge >= 0.3 is 0 Å². The highest BCUT2D eigenvalue weighted by Crippen LogP contribution is 2.14. The van der Waals surface area contributed by atoms with E-state index in [0.29, 0.717) is 0 Å². The van der Waals surface area contributed by atoms with Gasteiger partial charge in [0.25, 0.3) is 0 Å². The first-order valence-corrected chi connectivity index (χ1v) is 6.00. The lowest BCUT2D eigenvalue weighted by Gasteiger charge is -2.08. The van der Waals surface area contributed by atoms with Crippen LogP contribution in [0.5, 0.6) is 0 Å². The molecule has 0 aromatic heterocycles. The number of benzene rings is 2. The lowest BCUT2D eigenvalue weighted by atomic mass is 10.2. The monoisotopic (exact) mass is 226 g/mol. The van der Waals surface area contributed by atoms with Crippen molar-refractivity contribution in [1.29, 1.82) is 0 Å². The maximum atomic E-state index is 3.40. The summed E-state index contributed by atoms with van der Waals surface area (Å²) in [5, 5.41) is 6.68. The van der Waals surface area contributed by atoms with Crippen LogP contribution in [0.25, 0.3) is 0 Å². The van der Waals surface area contributed by atoms with Crippen molar-refractivity contribution in [3.8, 4) is 0 Å². The van der Waals surface area contributed by atoms with Gasteiger partial charge in [-0.3, -0.25) is 0 Å². The highest BCUT2D eigenvalue weighted by atomic mass is 14.9. The van der Waals surface area contributed by atoms with Crippen LogP contribution in [0.15, 0.2) is 54.6 Å². The predicted molar refractivity (Wildman–Crippen MR) is 74.4 cm³/mol. The summed E-state index contributed by atoms with van der Waals surface area (Å²) in [5.74, 6) is 0. The van der Waals surface area contributed by atoms with Crippen molar-refractivity contribution >= 4 is 11.4 Å². The Morgan fingerprint density at radius 1 is 0.765 bits per heavy atom. The molecule has 17 heavy (non-hydrogen) atoms. The summed E-state index contributed by atoms with van der Waals surface area (Å²) in [7, 11) is 0. The van der Waals surface area contributed by atoms with Crippen molar-refractivity contribution in [1.82, 2.24) is 0 Å². The Labute approximate surface area is 103 Å². The maximum absolute atomic E-state index is 3.40. The molecule has 0 aliphatic heterocycles. The lowest BCUT2D eigenvalue weighted by Crippen LogP contribution is -2.00. The van der Waals surface area contributed by atoms with Crippen molar-refractivity contribution < 1.29 is 0 Å². The molecule has 0 aliphatic carbocycles. The van der Waals surface area contributed by atoms with Crippen LogP contribution in [-0.2, 0) is 6.54 Å². The summed E-state index contributed by atoms with van der Waals surface area (Å²) in [6.07, 6.45) is 0. The van der Waals surface area contributed by atoms with Gasteiger partial charge in [-0.25, -0.2) is 0 Å². The fraction of sp³-hybridized carbons (Fsp3) is 0.200. The Balaban J connectivity index is 1.91. The van der Waals surface area contributed by atoms with E-state index in [0.717, 1.165) is 24.5 Å². The molecule has 0 saturated carbocycles. The van der Waals surface area contributed by atoms with Gasteiger partial charge < -0.3 is 10.6 Å². The molecule has 0 heterocycles. The minimum absolute atomic E-state index is 0.862. The molecule has 0 fully saturated rings. The van der Waals surface area contributed by atoms with Crippen LogP contribution in [-0.4, -0.2) is 6.54 Å². The topological polar surface area (TPSA) is 24.1 Å². The molecule has 2 aromatic rings. The average molecular weight is 226 g/mol. The highest BCUT2D eigenvalue weighted by molar-refractivity contribution is 5.53. The summed E-state index contributed by atoms with van der Waals surface area (Å²) in [6, 6.07) is 18.8. The number of anilines is 2. The Morgan fingerprint density at radius 2 is 1.35 bits per heavy atom. The Kier molecular flexibility index (Phi) is 4.03. The van der Waals surface area contributed by atoms with Crippen LogP contribution in [0, 0.1) is 0 Å². The van der Waals surface area contributed by atoms with E-state index in [9.17, 15) is 0 Å². The quantitative estimate of drug-likeness (QED) is 0.811. The molecule has 2 nitrogen and oxygen atoms in total. The van der Waals surface area contributed by atoms with Gasteiger partial charge in [0, 0.05) is 24.5 Å². The fourth-order valence-corrected chi connectivity index (χ4v) is 1.71. The predicted octanol–water partition coefficient (Wildman–Crippen LogP) is 3.73. The SMILES string of the molecule is CCNc1ccc(NCc2ccccc2)cc1. The molecule has 0 unspecified atom stereocenters. The summed E-state index contributed by atoms with van der Waals surface area (Å²) >= 11 is 0. The van der Waals surface area contributed by atoms with Crippen molar-refractivity contribution in [2.24, 2.45) is 0 Å². The van der Waals surface area contributed by atoms with Crippen LogP contribution < -0.4 is 10.6 Å². The second kappa shape index (κ2) is 5.94. The molecule has 0 atom stereocenters. The van der Waals surface area contributed by atoms with E-state index in [1.165, 1.54) is 5.56 Å². The second-order valence-electron chi connectivity index (χ2n) is 3.95. The largest absolute Gasteiger partial charge is 0.385 e. The second-order valence-corrected chi connectivity index (χ2v) is 3.95. The first-order chi connectivity index (χ1) is 8.38. The van der Waals surface area contributed by atoms with Gasteiger partial charge in [0.05, 0.1) is 0 Å². The summed E-state index contributed by atoms with van der Waals surface area (Å²) < 4.78 is 0. The molecule has 0 radical (unpaired) electrons. The van der Waals surface area contributed by atoms with Crippen LogP contribution in [0.2, 0.25) is 0 Å². The summed E-state index contributed by atoms with van der Waals surface area (Å²) in [4.78, 5) is 0. The third-order valence-electron chi connectivity index (χ3n) is 2.61. The number of hydrogen-bond acceptors (Lipinski definition) is 2. The third-order valence-corrected chi connectivity index (χ3v) is 2.61. The van der Waals surface area contributed by atoms with E-state index in [1.54, 1.807) is 0 Å². The van der Waals surface area contributed by atoms with Gasteiger partial charge in [-0.15, -0.1) is 0 Å².